The highest BCUT2D eigenvalue weighted by molar-refractivity contribution is 7.15. The normalized spacial score (nSPS) is 10.4. The lowest BCUT2D eigenvalue weighted by Crippen LogP contribution is -2.12. The molecule has 0 fully saturated rings. The van der Waals surface area contributed by atoms with Crippen molar-refractivity contribution in [3.63, 3.8) is 0 Å². The molecule has 1 heterocycles. The summed E-state index contributed by atoms with van der Waals surface area (Å²) in [6.07, 6.45) is 0. The highest BCUT2D eigenvalue weighted by Crippen LogP contribution is 2.42. The molecule has 0 radical (unpaired) electrons. The molecule has 0 saturated heterocycles. The second kappa shape index (κ2) is 13.3. The molecular formula is C16H23NO8S. The Morgan fingerprint density at radius 1 is 1.00 bits per heavy atom. The molecule has 0 N–H and O–H groups in total. The highest BCUT2D eigenvalue weighted by Gasteiger charge is 2.27. The van der Waals surface area contributed by atoms with E-state index in [1.165, 1.54) is 0 Å². The molecule has 10 heteroatoms. The third-order valence-electron chi connectivity index (χ3n) is 2.82. The summed E-state index contributed by atoms with van der Waals surface area (Å²) in [5.41, 5.74) is 0. The van der Waals surface area contributed by atoms with E-state index in [0.717, 1.165) is 11.3 Å². The van der Waals surface area contributed by atoms with Gasteiger partial charge in [-0.15, -0.1) is 11.3 Å². The molecule has 0 spiro atoms. The molecule has 0 amide bonds. The predicted octanol–water partition coefficient (Wildman–Crippen LogP) is 1.80. The van der Waals surface area contributed by atoms with Crippen molar-refractivity contribution in [1.82, 2.24) is 0 Å². The molecule has 1 aromatic heterocycles. The van der Waals surface area contributed by atoms with Crippen molar-refractivity contribution in [2.45, 2.75) is 6.92 Å². The summed E-state index contributed by atoms with van der Waals surface area (Å²) in [5.74, 6) is -0.387. The Kier molecular flexibility index (Phi) is 11.3. The second-order valence-corrected chi connectivity index (χ2v) is 5.60. The summed E-state index contributed by atoms with van der Waals surface area (Å²) < 4.78 is 36.2. The Hall–Kier alpha value is -1.90. The molecule has 1 rings (SSSR count). The fourth-order valence-corrected chi connectivity index (χ4v) is 2.55. The third kappa shape index (κ3) is 7.15. The maximum atomic E-state index is 12.1. The first-order valence-corrected chi connectivity index (χ1v) is 8.64. The van der Waals surface area contributed by atoms with Crippen LogP contribution in [-0.4, -0.2) is 66.8 Å². The molecule has 0 aliphatic heterocycles. The van der Waals surface area contributed by atoms with E-state index in [1.54, 1.807) is 21.1 Å². The van der Waals surface area contributed by atoms with Gasteiger partial charge in [-0.2, -0.15) is 5.26 Å². The van der Waals surface area contributed by atoms with Gasteiger partial charge >= 0.3 is 5.97 Å². The number of methoxy groups -OCH3 is 2. The van der Waals surface area contributed by atoms with Crippen molar-refractivity contribution >= 4 is 17.3 Å². The number of ether oxygens (including phenoxy) is 7. The van der Waals surface area contributed by atoms with Gasteiger partial charge in [-0.05, 0) is 6.92 Å². The number of rotatable bonds is 14. The summed E-state index contributed by atoms with van der Waals surface area (Å²) in [6.45, 7) is 3.06. The standard InChI is InChI=1S/C16H23NO8S/c1-4-23-16(18)15-14(25-11-22-8-6-20-3)13(12(9-17)26-15)24-10-21-7-5-19-2/h4-8,10-11H2,1-3H3. The number of hydrogen-bond donors (Lipinski definition) is 0. The van der Waals surface area contributed by atoms with E-state index in [4.69, 9.17) is 33.2 Å². The zero-order valence-corrected chi connectivity index (χ0v) is 15.9. The van der Waals surface area contributed by atoms with E-state index in [0.29, 0.717) is 26.4 Å². The van der Waals surface area contributed by atoms with Gasteiger partial charge in [0.05, 0.1) is 33.0 Å². The first-order valence-electron chi connectivity index (χ1n) is 7.82. The van der Waals surface area contributed by atoms with Crippen molar-refractivity contribution in [2.24, 2.45) is 0 Å². The monoisotopic (exact) mass is 389 g/mol. The summed E-state index contributed by atoms with van der Waals surface area (Å²) >= 11 is 0.925. The SMILES string of the molecule is CCOC(=O)c1sc(C#N)c(OCOCCOC)c1OCOCCOC. The molecule has 0 aromatic carbocycles. The average molecular weight is 389 g/mol. The van der Waals surface area contributed by atoms with Crippen molar-refractivity contribution in [3.05, 3.63) is 9.75 Å². The topological polar surface area (TPSA) is 105 Å². The Balaban J connectivity index is 2.88. The van der Waals surface area contributed by atoms with Crippen molar-refractivity contribution in [3.8, 4) is 17.6 Å². The first kappa shape index (κ1) is 22.1. The van der Waals surface area contributed by atoms with Crippen LogP contribution in [0.5, 0.6) is 11.5 Å². The van der Waals surface area contributed by atoms with E-state index in [-0.39, 0.29) is 41.4 Å². The molecule has 0 aliphatic carbocycles. The maximum Gasteiger partial charge on any atom is 0.352 e. The van der Waals surface area contributed by atoms with Crippen molar-refractivity contribution in [2.75, 3.05) is 60.8 Å². The number of nitriles is 1. The van der Waals surface area contributed by atoms with E-state index in [1.807, 2.05) is 6.07 Å². The Labute approximate surface area is 156 Å². The number of carbonyl (C=O) groups is 1. The van der Waals surface area contributed by atoms with Gasteiger partial charge < -0.3 is 33.2 Å². The van der Waals surface area contributed by atoms with Gasteiger partial charge in [0.2, 0.25) is 0 Å². The molecule has 0 saturated carbocycles. The van der Waals surface area contributed by atoms with Crippen LogP contribution >= 0.6 is 11.3 Å². The fraction of sp³-hybridized carbons (Fsp3) is 0.625. The largest absolute Gasteiger partial charge is 0.462 e. The summed E-state index contributed by atoms with van der Waals surface area (Å²) in [4.78, 5) is 12.4. The van der Waals surface area contributed by atoms with Crippen LogP contribution in [0.2, 0.25) is 0 Å². The second-order valence-electron chi connectivity index (χ2n) is 4.58. The molecule has 0 unspecified atom stereocenters. The van der Waals surface area contributed by atoms with Crippen LogP contribution in [0.25, 0.3) is 0 Å². The number of esters is 1. The van der Waals surface area contributed by atoms with E-state index < -0.39 is 5.97 Å². The minimum absolute atomic E-state index is 0.0951. The van der Waals surface area contributed by atoms with Gasteiger partial charge in [-0.25, -0.2) is 4.79 Å². The van der Waals surface area contributed by atoms with Gasteiger partial charge in [-0.3, -0.25) is 0 Å². The van der Waals surface area contributed by atoms with Crippen molar-refractivity contribution in [1.29, 1.82) is 5.26 Å². The van der Waals surface area contributed by atoms with E-state index in [2.05, 4.69) is 0 Å². The third-order valence-corrected chi connectivity index (χ3v) is 3.86. The molecule has 26 heavy (non-hydrogen) atoms. The minimum atomic E-state index is -0.601. The van der Waals surface area contributed by atoms with Crippen LogP contribution < -0.4 is 9.47 Å². The quantitative estimate of drug-likeness (QED) is 0.267. The molecule has 0 bridgehead atoms. The first-order chi connectivity index (χ1) is 12.7. The van der Waals surface area contributed by atoms with Crippen LogP contribution in [0, 0.1) is 11.3 Å². The van der Waals surface area contributed by atoms with Crippen LogP contribution in [0.4, 0.5) is 0 Å². The van der Waals surface area contributed by atoms with E-state index in [9.17, 15) is 10.1 Å². The lowest BCUT2D eigenvalue weighted by Gasteiger charge is -2.11. The lowest BCUT2D eigenvalue weighted by molar-refractivity contribution is -0.0208. The molecule has 9 nitrogen and oxygen atoms in total. The average Bonchev–Trinajstić information content (AvgIpc) is 2.99. The fourth-order valence-electron chi connectivity index (χ4n) is 1.67. The van der Waals surface area contributed by atoms with Gasteiger partial charge in [-0.1, -0.05) is 0 Å². The molecule has 1 aromatic rings. The van der Waals surface area contributed by atoms with Gasteiger partial charge in [0, 0.05) is 14.2 Å². The van der Waals surface area contributed by atoms with E-state index >= 15 is 0 Å². The number of hydrogen-bond acceptors (Lipinski definition) is 10. The smallest absolute Gasteiger partial charge is 0.352 e. The minimum Gasteiger partial charge on any atom is -0.462 e. The molecule has 0 aliphatic rings. The molecule has 0 atom stereocenters. The van der Waals surface area contributed by atoms with Gasteiger partial charge in [0.25, 0.3) is 0 Å². The molecule has 146 valence electrons. The number of thiophene rings is 1. The van der Waals surface area contributed by atoms with Crippen LogP contribution in [0.1, 0.15) is 21.5 Å². The summed E-state index contributed by atoms with van der Waals surface area (Å²) in [7, 11) is 3.11. The van der Waals surface area contributed by atoms with Crippen molar-refractivity contribution < 1.29 is 38.0 Å². The molecular weight excluding hydrogens is 366 g/mol. The maximum absolute atomic E-state index is 12.1. The van der Waals surface area contributed by atoms with Crippen LogP contribution in [-0.2, 0) is 23.7 Å². The highest BCUT2D eigenvalue weighted by atomic mass is 32.1. The van der Waals surface area contributed by atoms with Gasteiger partial charge in [0.15, 0.2) is 34.8 Å². The zero-order chi connectivity index (χ0) is 19.2. The Bertz CT molecular complexity index is 584. The van der Waals surface area contributed by atoms with Crippen LogP contribution in [0.3, 0.4) is 0 Å². The Morgan fingerprint density at radius 2 is 1.58 bits per heavy atom. The zero-order valence-electron chi connectivity index (χ0n) is 15.1. The Morgan fingerprint density at radius 3 is 2.08 bits per heavy atom. The van der Waals surface area contributed by atoms with Crippen LogP contribution in [0.15, 0.2) is 0 Å². The summed E-state index contributed by atoms with van der Waals surface area (Å²) in [6, 6.07) is 1.98. The number of nitrogens with zero attached hydrogens (tertiary/aromatic N) is 1. The van der Waals surface area contributed by atoms with Gasteiger partial charge in [0.1, 0.15) is 6.07 Å². The lowest BCUT2D eigenvalue weighted by atomic mass is 10.3. The number of carbonyl (C=O) groups excluding carboxylic acids is 1. The predicted molar refractivity (Wildman–Crippen MR) is 91.6 cm³/mol. The summed E-state index contributed by atoms with van der Waals surface area (Å²) in [5, 5.41) is 9.31.